The Morgan fingerprint density at radius 2 is 1.93 bits per heavy atom. The SMILES string of the molecule is NC1=NC2CC2CN1Cc1ccc(C(F)(F)F)nc1N1CCS(=O)(=O)CC1. The first-order valence-electron chi connectivity index (χ1n) is 8.73. The zero-order valence-electron chi connectivity index (χ0n) is 14.5. The molecular formula is C16H20F3N5O2S. The average molecular weight is 403 g/mol. The Kier molecular flexibility index (Phi) is 4.24. The molecule has 2 N–H and O–H groups in total. The predicted octanol–water partition coefficient (Wildman–Crippen LogP) is 0.854. The molecule has 1 saturated heterocycles. The standard InChI is InChI=1S/C16H20F3N5O2S/c17-16(18,19)13-2-1-10(8-24-9-11-7-12(11)21-15(24)20)14(22-13)23-3-5-27(25,26)6-4-23/h1-2,11-12H,3-9H2,(H2,20,21). The molecule has 0 amide bonds. The van der Waals surface area contributed by atoms with Crippen molar-refractivity contribution in [3.63, 3.8) is 0 Å². The van der Waals surface area contributed by atoms with Gasteiger partial charge in [0.2, 0.25) is 0 Å². The first kappa shape index (κ1) is 18.3. The van der Waals surface area contributed by atoms with E-state index in [0.717, 1.165) is 19.0 Å². The van der Waals surface area contributed by atoms with Gasteiger partial charge in [-0.05, 0) is 12.5 Å². The molecular weight excluding hydrogens is 383 g/mol. The highest BCUT2D eigenvalue weighted by Crippen LogP contribution is 2.38. The van der Waals surface area contributed by atoms with Crippen LogP contribution in [0.1, 0.15) is 17.7 Å². The summed E-state index contributed by atoms with van der Waals surface area (Å²) in [7, 11) is -3.15. The molecule has 27 heavy (non-hydrogen) atoms. The number of nitrogens with two attached hydrogens (primary N) is 1. The summed E-state index contributed by atoms with van der Waals surface area (Å²) in [4.78, 5) is 11.7. The fourth-order valence-electron chi connectivity index (χ4n) is 3.52. The molecule has 0 radical (unpaired) electrons. The second-order valence-electron chi connectivity index (χ2n) is 7.25. The van der Waals surface area contributed by atoms with Crippen molar-refractivity contribution in [3.05, 3.63) is 23.4 Å². The van der Waals surface area contributed by atoms with Gasteiger partial charge in [0.1, 0.15) is 11.5 Å². The highest BCUT2D eigenvalue weighted by Gasteiger charge is 2.42. The van der Waals surface area contributed by atoms with Gasteiger partial charge in [0.05, 0.1) is 17.5 Å². The van der Waals surface area contributed by atoms with Gasteiger partial charge in [-0.15, -0.1) is 0 Å². The summed E-state index contributed by atoms with van der Waals surface area (Å²) in [6.07, 6.45) is -3.58. The number of sulfone groups is 1. The smallest absolute Gasteiger partial charge is 0.370 e. The minimum absolute atomic E-state index is 0.0958. The Morgan fingerprint density at radius 1 is 1.22 bits per heavy atom. The van der Waals surface area contributed by atoms with Gasteiger partial charge in [0.15, 0.2) is 15.8 Å². The zero-order valence-corrected chi connectivity index (χ0v) is 15.3. The van der Waals surface area contributed by atoms with Crippen LogP contribution in [0.2, 0.25) is 0 Å². The summed E-state index contributed by atoms with van der Waals surface area (Å²) in [5.74, 6) is 0.817. The van der Waals surface area contributed by atoms with Crippen LogP contribution < -0.4 is 10.6 Å². The molecule has 4 rings (SSSR count). The minimum atomic E-state index is -4.57. The molecule has 1 saturated carbocycles. The first-order chi connectivity index (χ1) is 12.6. The van der Waals surface area contributed by atoms with Crippen molar-refractivity contribution in [2.75, 3.05) is 36.0 Å². The van der Waals surface area contributed by atoms with E-state index in [2.05, 4.69) is 9.98 Å². The van der Waals surface area contributed by atoms with Crippen molar-refractivity contribution < 1.29 is 21.6 Å². The molecule has 0 spiro atoms. The molecule has 7 nitrogen and oxygen atoms in total. The van der Waals surface area contributed by atoms with Gasteiger partial charge in [-0.25, -0.2) is 18.4 Å². The highest BCUT2D eigenvalue weighted by atomic mass is 32.2. The van der Waals surface area contributed by atoms with Crippen LogP contribution in [0.3, 0.4) is 0 Å². The maximum absolute atomic E-state index is 13.1. The molecule has 11 heteroatoms. The third-order valence-electron chi connectivity index (χ3n) is 5.21. The zero-order chi connectivity index (χ0) is 19.4. The van der Waals surface area contributed by atoms with Crippen LogP contribution >= 0.6 is 0 Å². The largest absolute Gasteiger partial charge is 0.433 e. The monoisotopic (exact) mass is 403 g/mol. The molecule has 0 bridgehead atoms. The number of rotatable bonds is 3. The quantitative estimate of drug-likeness (QED) is 0.805. The fraction of sp³-hybridized carbons (Fsp3) is 0.625. The molecule has 3 heterocycles. The van der Waals surface area contributed by atoms with E-state index in [-0.39, 0.29) is 36.5 Å². The Hall–Kier alpha value is -2.04. The number of guanidine groups is 1. The van der Waals surface area contributed by atoms with Crippen molar-refractivity contribution in [3.8, 4) is 0 Å². The van der Waals surface area contributed by atoms with E-state index in [0.29, 0.717) is 24.0 Å². The van der Waals surface area contributed by atoms with Gasteiger partial charge in [0, 0.05) is 37.7 Å². The Balaban J connectivity index is 1.64. The lowest BCUT2D eigenvalue weighted by Crippen LogP contribution is -2.43. The molecule has 2 atom stereocenters. The number of hydrogen-bond donors (Lipinski definition) is 1. The van der Waals surface area contributed by atoms with E-state index in [1.807, 2.05) is 4.90 Å². The Morgan fingerprint density at radius 3 is 2.59 bits per heavy atom. The third-order valence-corrected chi connectivity index (χ3v) is 6.82. The molecule has 148 valence electrons. The number of fused-ring (bicyclic) bond motifs is 1. The van der Waals surface area contributed by atoms with Crippen LogP contribution in [-0.2, 0) is 22.6 Å². The lowest BCUT2D eigenvalue weighted by Gasteiger charge is -2.32. The van der Waals surface area contributed by atoms with Gasteiger partial charge in [-0.3, -0.25) is 0 Å². The molecule has 1 aliphatic carbocycles. The summed E-state index contributed by atoms with van der Waals surface area (Å²) in [6, 6.07) is 2.64. The number of aromatic nitrogens is 1. The summed E-state index contributed by atoms with van der Waals surface area (Å²) >= 11 is 0. The molecule has 3 aliphatic rings. The maximum Gasteiger partial charge on any atom is 0.433 e. The molecule has 2 aliphatic heterocycles. The van der Waals surface area contributed by atoms with Crippen LogP contribution in [0.5, 0.6) is 0 Å². The minimum Gasteiger partial charge on any atom is -0.370 e. The van der Waals surface area contributed by atoms with Crippen LogP contribution in [0.25, 0.3) is 0 Å². The number of alkyl halides is 3. The van der Waals surface area contributed by atoms with E-state index in [1.165, 1.54) is 6.07 Å². The van der Waals surface area contributed by atoms with Gasteiger partial charge in [-0.2, -0.15) is 13.2 Å². The van der Waals surface area contributed by atoms with Crippen LogP contribution in [-0.4, -0.2) is 61.4 Å². The highest BCUT2D eigenvalue weighted by molar-refractivity contribution is 7.91. The van der Waals surface area contributed by atoms with Crippen LogP contribution in [0.15, 0.2) is 17.1 Å². The molecule has 1 aromatic heterocycles. The normalized spacial score (nSPS) is 27.1. The number of anilines is 1. The molecule has 2 unspecified atom stereocenters. The number of aliphatic imine (C=N–C) groups is 1. The van der Waals surface area contributed by atoms with E-state index in [1.54, 1.807) is 4.90 Å². The van der Waals surface area contributed by atoms with Crippen LogP contribution in [0.4, 0.5) is 19.0 Å². The number of hydrogen-bond acceptors (Lipinski definition) is 7. The van der Waals surface area contributed by atoms with Gasteiger partial charge in [-0.1, -0.05) is 6.07 Å². The Labute approximate surface area is 155 Å². The first-order valence-corrected chi connectivity index (χ1v) is 10.6. The van der Waals surface area contributed by atoms with Gasteiger partial charge >= 0.3 is 6.18 Å². The molecule has 0 aromatic carbocycles. The number of pyridine rings is 1. The van der Waals surface area contributed by atoms with Crippen molar-refractivity contribution in [1.29, 1.82) is 0 Å². The summed E-state index contributed by atoms with van der Waals surface area (Å²) in [6.45, 7) is 1.26. The Bertz CT molecular complexity index is 873. The van der Waals surface area contributed by atoms with E-state index in [4.69, 9.17) is 5.73 Å². The summed E-state index contributed by atoms with van der Waals surface area (Å²) < 4.78 is 62.8. The van der Waals surface area contributed by atoms with E-state index >= 15 is 0 Å². The van der Waals surface area contributed by atoms with Crippen molar-refractivity contribution in [2.24, 2.45) is 16.6 Å². The second-order valence-corrected chi connectivity index (χ2v) is 9.55. The topological polar surface area (TPSA) is 91.9 Å². The van der Waals surface area contributed by atoms with Crippen molar-refractivity contribution in [1.82, 2.24) is 9.88 Å². The second kappa shape index (κ2) is 6.25. The maximum atomic E-state index is 13.1. The van der Waals surface area contributed by atoms with E-state index < -0.39 is 21.7 Å². The lowest BCUT2D eigenvalue weighted by molar-refractivity contribution is -0.141. The van der Waals surface area contributed by atoms with Crippen molar-refractivity contribution >= 4 is 21.6 Å². The number of halogens is 3. The third kappa shape index (κ3) is 3.83. The summed E-state index contributed by atoms with van der Waals surface area (Å²) in [5.41, 5.74) is 5.58. The fourth-order valence-corrected chi connectivity index (χ4v) is 4.72. The van der Waals surface area contributed by atoms with Gasteiger partial charge < -0.3 is 15.5 Å². The average Bonchev–Trinajstić information content (AvgIpc) is 3.32. The summed E-state index contributed by atoms with van der Waals surface area (Å²) in [5, 5.41) is 0. The van der Waals surface area contributed by atoms with E-state index in [9.17, 15) is 21.6 Å². The molecule has 1 aromatic rings. The van der Waals surface area contributed by atoms with Crippen LogP contribution in [0, 0.1) is 5.92 Å². The predicted molar refractivity (Wildman–Crippen MR) is 94.0 cm³/mol. The number of nitrogens with zero attached hydrogens (tertiary/aromatic N) is 4. The van der Waals surface area contributed by atoms with Crippen molar-refractivity contribution in [2.45, 2.75) is 25.2 Å². The van der Waals surface area contributed by atoms with Gasteiger partial charge in [0.25, 0.3) is 0 Å². The lowest BCUT2D eigenvalue weighted by atomic mass is 10.1. The molecule has 2 fully saturated rings.